The van der Waals surface area contributed by atoms with Gasteiger partial charge in [0.1, 0.15) is 5.82 Å². The molecule has 0 aliphatic carbocycles. The zero-order chi connectivity index (χ0) is 13.7. The number of rotatable bonds is 5. The van der Waals surface area contributed by atoms with Crippen molar-refractivity contribution in [3.05, 3.63) is 70.0 Å². The minimum absolute atomic E-state index is 0.185. The molecule has 0 saturated heterocycles. The number of benzene rings is 2. The number of hydrogen-bond acceptors (Lipinski definition) is 2. The maximum atomic E-state index is 13.3. The van der Waals surface area contributed by atoms with E-state index in [1.54, 1.807) is 12.1 Å². The lowest BCUT2D eigenvalue weighted by atomic mass is 10.1. The van der Waals surface area contributed by atoms with Crippen molar-refractivity contribution in [2.24, 2.45) is 5.73 Å². The lowest BCUT2D eigenvalue weighted by molar-refractivity contribution is 0.107. The molecule has 0 aliphatic rings. The lowest BCUT2D eigenvalue weighted by Crippen LogP contribution is -2.02. The molecular weight excluding hydrogens is 265 g/mol. The molecule has 0 saturated carbocycles. The molecule has 0 fully saturated rings. The fourth-order valence-corrected chi connectivity index (χ4v) is 1.96. The summed E-state index contributed by atoms with van der Waals surface area (Å²) in [5.74, 6) is -0.280. The Bertz CT molecular complexity index is 560. The third kappa shape index (κ3) is 3.77. The fraction of sp³-hybridized carbons (Fsp3) is 0.200. The Morgan fingerprint density at radius 1 is 1.05 bits per heavy atom. The Kier molecular flexibility index (Phi) is 4.91. The summed E-state index contributed by atoms with van der Waals surface area (Å²) >= 11 is 6.03. The van der Waals surface area contributed by atoms with Gasteiger partial charge in [-0.3, -0.25) is 0 Å². The highest BCUT2D eigenvalue weighted by Gasteiger charge is 2.03. The molecule has 2 aromatic carbocycles. The molecule has 0 aromatic heterocycles. The van der Waals surface area contributed by atoms with Crippen molar-refractivity contribution < 1.29 is 9.13 Å². The maximum Gasteiger partial charge on any atom is 0.127 e. The van der Waals surface area contributed by atoms with E-state index in [1.807, 2.05) is 24.3 Å². The van der Waals surface area contributed by atoms with E-state index in [9.17, 15) is 4.39 Å². The van der Waals surface area contributed by atoms with Crippen LogP contribution in [0.15, 0.2) is 42.5 Å². The summed E-state index contributed by atoms with van der Waals surface area (Å²) in [6.45, 7) is 1.01. The van der Waals surface area contributed by atoms with E-state index < -0.39 is 0 Å². The van der Waals surface area contributed by atoms with Gasteiger partial charge in [0.15, 0.2) is 0 Å². The number of nitrogens with two attached hydrogens (primary N) is 1. The topological polar surface area (TPSA) is 35.2 Å². The van der Waals surface area contributed by atoms with Crippen LogP contribution in [0.5, 0.6) is 0 Å². The quantitative estimate of drug-likeness (QED) is 0.907. The Balaban J connectivity index is 1.94. The van der Waals surface area contributed by atoms with Crippen molar-refractivity contribution in [3.63, 3.8) is 0 Å². The van der Waals surface area contributed by atoms with E-state index in [0.717, 1.165) is 11.1 Å². The largest absolute Gasteiger partial charge is 0.372 e. The van der Waals surface area contributed by atoms with Crippen LogP contribution < -0.4 is 5.73 Å². The first-order valence-corrected chi connectivity index (χ1v) is 6.37. The highest BCUT2D eigenvalue weighted by Crippen LogP contribution is 2.17. The second-order valence-electron chi connectivity index (χ2n) is 4.21. The first-order chi connectivity index (χ1) is 9.20. The zero-order valence-corrected chi connectivity index (χ0v) is 11.2. The lowest BCUT2D eigenvalue weighted by Gasteiger charge is -2.08. The molecule has 2 nitrogen and oxygen atoms in total. The van der Waals surface area contributed by atoms with Gasteiger partial charge in [-0.1, -0.05) is 35.9 Å². The van der Waals surface area contributed by atoms with Gasteiger partial charge < -0.3 is 10.5 Å². The molecular formula is C15H15ClFNO. The van der Waals surface area contributed by atoms with Crippen molar-refractivity contribution in [1.82, 2.24) is 0 Å². The second kappa shape index (κ2) is 6.66. The van der Waals surface area contributed by atoms with E-state index in [0.29, 0.717) is 23.8 Å². The molecule has 0 aliphatic heterocycles. The van der Waals surface area contributed by atoms with E-state index in [4.69, 9.17) is 22.1 Å². The minimum Gasteiger partial charge on any atom is -0.372 e. The molecule has 0 atom stereocenters. The summed E-state index contributed by atoms with van der Waals surface area (Å²) in [5, 5.41) is 0.684. The van der Waals surface area contributed by atoms with Crippen molar-refractivity contribution in [2.45, 2.75) is 19.8 Å². The minimum atomic E-state index is -0.280. The summed E-state index contributed by atoms with van der Waals surface area (Å²) in [5.41, 5.74) is 7.79. The molecule has 0 bridgehead atoms. The van der Waals surface area contributed by atoms with Crippen molar-refractivity contribution in [1.29, 1.82) is 0 Å². The van der Waals surface area contributed by atoms with Crippen LogP contribution in [0, 0.1) is 5.82 Å². The van der Waals surface area contributed by atoms with Gasteiger partial charge in [0, 0.05) is 17.1 Å². The number of hydrogen-bond donors (Lipinski definition) is 1. The monoisotopic (exact) mass is 279 g/mol. The predicted octanol–water partition coefficient (Wildman–Crippen LogP) is 3.65. The van der Waals surface area contributed by atoms with Gasteiger partial charge in [-0.15, -0.1) is 0 Å². The highest BCUT2D eigenvalue weighted by atomic mass is 35.5. The van der Waals surface area contributed by atoms with Gasteiger partial charge in [0.25, 0.3) is 0 Å². The molecule has 2 rings (SSSR count). The van der Waals surface area contributed by atoms with Crippen molar-refractivity contribution in [2.75, 3.05) is 0 Å². The average molecular weight is 280 g/mol. The molecule has 0 spiro atoms. The Hall–Kier alpha value is -1.42. The van der Waals surface area contributed by atoms with Crippen molar-refractivity contribution >= 4 is 11.6 Å². The first-order valence-electron chi connectivity index (χ1n) is 5.99. The third-order valence-electron chi connectivity index (χ3n) is 2.81. The second-order valence-corrected chi connectivity index (χ2v) is 4.62. The van der Waals surface area contributed by atoms with Crippen LogP contribution in [-0.2, 0) is 24.5 Å². The van der Waals surface area contributed by atoms with Crippen LogP contribution in [0.1, 0.15) is 16.7 Å². The predicted molar refractivity (Wildman–Crippen MR) is 74.2 cm³/mol. The van der Waals surface area contributed by atoms with Crippen LogP contribution in [-0.4, -0.2) is 0 Å². The molecule has 2 N–H and O–H groups in total. The molecule has 0 unspecified atom stereocenters. The van der Waals surface area contributed by atoms with Gasteiger partial charge in [0.2, 0.25) is 0 Å². The molecule has 19 heavy (non-hydrogen) atoms. The zero-order valence-electron chi connectivity index (χ0n) is 10.4. The molecule has 100 valence electrons. The maximum absolute atomic E-state index is 13.3. The average Bonchev–Trinajstić information content (AvgIpc) is 2.43. The third-order valence-corrected chi connectivity index (χ3v) is 3.18. The number of halogens is 2. The van der Waals surface area contributed by atoms with Crippen LogP contribution in [0.3, 0.4) is 0 Å². The van der Waals surface area contributed by atoms with Crippen LogP contribution >= 0.6 is 11.6 Å². The normalized spacial score (nSPS) is 10.7. The summed E-state index contributed by atoms with van der Waals surface area (Å²) < 4.78 is 18.8. The summed E-state index contributed by atoms with van der Waals surface area (Å²) in [6.07, 6.45) is 0. The highest BCUT2D eigenvalue weighted by molar-refractivity contribution is 6.31. The van der Waals surface area contributed by atoms with Gasteiger partial charge in [-0.25, -0.2) is 4.39 Å². The smallest absolute Gasteiger partial charge is 0.127 e. The van der Waals surface area contributed by atoms with E-state index in [2.05, 4.69) is 0 Å². The fourth-order valence-electron chi connectivity index (χ4n) is 1.77. The summed E-state index contributed by atoms with van der Waals surface area (Å²) in [6, 6.07) is 12.4. The van der Waals surface area contributed by atoms with E-state index in [1.165, 1.54) is 6.07 Å². The van der Waals surface area contributed by atoms with Gasteiger partial charge in [-0.05, 0) is 29.3 Å². The first kappa shape index (κ1) is 14.0. The number of ether oxygens (including phenoxy) is 1. The van der Waals surface area contributed by atoms with Crippen molar-refractivity contribution in [3.8, 4) is 0 Å². The molecule has 0 heterocycles. The SMILES string of the molecule is NCc1cc(COCc2ccccc2Cl)ccc1F. The molecule has 2 aromatic rings. The Morgan fingerprint density at radius 2 is 1.84 bits per heavy atom. The molecule has 0 radical (unpaired) electrons. The summed E-state index contributed by atoms with van der Waals surface area (Å²) in [7, 11) is 0. The van der Waals surface area contributed by atoms with Gasteiger partial charge >= 0.3 is 0 Å². The van der Waals surface area contributed by atoms with Crippen LogP contribution in [0.2, 0.25) is 5.02 Å². The van der Waals surface area contributed by atoms with Gasteiger partial charge in [0.05, 0.1) is 13.2 Å². The van der Waals surface area contributed by atoms with Crippen LogP contribution in [0.25, 0.3) is 0 Å². The van der Waals surface area contributed by atoms with Gasteiger partial charge in [-0.2, -0.15) is 0 Å². The van der Waals surface area contributed by atoms with Crippen LogP contribution in [0.4, 0.5) is 4.39 Å². The summed E-state index contributed by atoms with van der Waals surface area (Å²) in [4.78, 5) is 0. The van der Waals surface area contributed by atoms with E-state index >= 15 is 0 Å². The van der Waals surface area contributed by atoms with E-state index in [-0.39, 0.29) is 12.4 Å². The molecule has 4 heteroatoms. The standard InChI is InChI=1S/C15H15ClFNO/c16-14-4-2-1-3-12(14)10-19-9-11-5-6-15(17)13(7-11)8-18/h1-7H,8-10,18H2. The Labute approximate surface area is 117 Å². The molecule has 0 amide bonds. The Morgan fingerprint density at radius 3 is 2.58 bits per heavy atom.